The SMILES string of the molecule is Nc1ccc(C(=O)OCC2CCCCO2)c(N)c1. The van der Waals surface area contributed by atoms with Crippen molar-refractivity contribution in [1.29, 1.82) is 0 Å². The normalized spacial score (nSPS) is 19.4. The molecule has 0 spiro atoms. The van der Waals surface area contributed by atoms with Gasteiger partial charge >= 0.3 is 5.97 Å². The molecule has 1 aliphatic rings. The summed E-state index contributed by atoms with van der Waals surface area (Å²) in [5.41, 5.74) is 12.5. The molecule has 1 aromatic carbocycles. The molecule has 0 saturated carbocycles. The fraction of sp³-hybridized carbons (Fsp3) is 0.462. The van der Waals surface area contributed by atoms with Crippen LogP contribution < -0.4 is 11.5 Å². The Bertz CT molecular complexity index is 428. The molecule has 2 rings (SSSR count). The van der Waals surface area contributed by atoms with Crippen molar-refractivity contribution in [3.8, 4) is 0 Å². The number of rotatable bonds is 3. The highest BCUT2D eigenvalue weighted by atomic mass is 16.6. The highest BCUT2D eigenvalue weighted by molar-refractivity contribution is 5.95. The highest BCUT2D eigenvalue weighted by Gasteiger charge is 2.17. The molecule has 0 amide bonds. The summed E-state index contributed by atoms with van der Waals surface area (Å²) < 4.78 is 10.7. The van der Waals surface area contributed by atoms with Crippen molar-refractivity contribution in [2.45, 2.75) is 25.4 Å². The van der Waals surface area contributed by atoms with Gasteiger partial charge in [-0.05, 0) is 37.5 Å². The number of ether oxygens (including phenoxy) is 2. The van der Waals surface area contributed by atoms with Crippen molar-refractivity contribution in [3.05, 3.63) is 23.8 Å². The molecule has 0 aromatic heterocycles. The molecule has 0 bridgehead atoms. The summed E-state index contributed by atoms with van der Waals surface area (Å²) in [5.74, 6) is -0.429. The molecule has 98 valence electrons. The number of hydrogen-bond acceptors (Lipinski definition) is 5. The molecule has 1 aromatic rings. The van der Waals surface area contributed by atoms with Gasteiger partial charge in [0.05, 0.1) is 11.7 Å². The molecular formula is C13H18N2O3. The van der Waals surface area contributed by atoms with Crippen LogP contribution in [0, 0.1) is 0 Å². The standard InChI is InChI=1S/C13H18N2O3/c14-9-4-5-11(12(15)7-9)13(16)18-8-10-3-1-2-6-17-10/h4-5,7,10H,1-3,6,8,14-15H2. The van der Waals surface area contributed by atoms with Crippen molar-refractivity contribution in [1.82, 2.24) is 0 Å². The monoisotopic (exact) mass is 250 g/mol. The first-order valence-electron chi connectivity index (χ1n) is 6.10. The lowest BCUT2D eigenvalue weighted by atomic mass is 10.1. The van der Waals surface area contributed by atoms with E-state index in [1.54, 1.807) is 18.2 Å². The van der Waals surface area contributed by atoms with Crippen LogP contribution in [0.3, 0.4) is 0 Å². The van der Waals surface area contributed by atoms with Gasteiger partial charge in [-0.1, -0.05) is 0 Å². The van der Waals surface area contributed by atoms with Crippen molar-refractivity contribution >= 4 is 17.3 Å². The van der Waals surface area contributed by atoms with Gasteiger partial charge in [0, 0.05) is 18.0 Å². The zero-order valence-corrected chi connectivity index (χ0v) is 10.2. The molecule has 0 radical (unpaired) electrons. The Balaban J connectivity index is 1.90. The molecule has 1 saturated heterocycles. The first-order chi connectivity index (χ1) is 8.66. The number of esters is 1. The van der Waals surface area contributed by atoms with E-state index in [4.69, 9.17) is 20.9 Å². The Morgan fingerprint density at radius 3 is 2.89 bits per heavy atom. The minimum Gasteiger partial charge on any atom is -0.459 e. The molecule has 0 aliphatic carbocycles. The zero-order valence-electron chi connectivity index (χ0n) is 10.2. The lowest BCUT2D eigenvalue weighted by Crippen LogP contribution is -2.26. The van der Waals surface area contributed by atoms with E-state index >= 15 is 0 Å². The molecule has 1 fully saturated rings. The van der Waals surface area contributed by atoms with Gasteiger partial charge in [-0.2, -0.15) is 0 Å². The second-order valence-electron chi connectivity index (χ2n) is 4.43. The first kappa shape index (κ1) is 12.7. The predicted molar refractivity (Wildman–Crippen MR) is 69.1 cm³/mol. The average molecular weight is 250 g/mol. The van der Waals surface area contributed by atoms with Gasteiger partial charge in [-0.15, -0.1) is 0 Å². The van der Waals surface area contributed by atoms with Crippen LogP contribution in [0.2, 0.25) is 0 Å². The smallest absolute Gasteiger partial charge is 0.340 e. The molecule has 4 N–H and O–H groups in total. The van der Waals surface area contributed by atoms with Crippen LogP contribution in [0.15, 0.2) is 18.2 Å². The maximum Gasteiger partial charge on any atom is 0.340 e. The molecule has 1 atom stereocenters. The summed E-state index contributed by atoms with van der Waals surface area (Å²) in [7, 11) is 0. The fourth-order valence-electron chi connectivity index (χ4n) is 1.95. The van der Waals surface area contributed by atoms with E-state index in [0.29, 0.717) is 16.9 Å². The second-order valence-corrected chi connectivity index (χ2v) is 4.43. The third-order valence-electron chi connectivity index (χ3n) is 2.97. The van der Waals surface area contributed by atoms with E-state index < -0.39 is 5.97 Å². The molecule has 5 heteroatoms. The molecule has 1 unspecified atom stereocenters. The van der Waals surface area contributed by atoms with Crippen molar-refractivity contribution in [2.24, 2.45) is 0 Å². The maximum absolute atomic E-state index is 11.8. The van der Waals surface area contributed by atoms with Crippen molar-refractivity contribution in [2.75, 3.05) is 24.7 Å². The van der Waals surface area contributed by atoms with Gasteiger partial charge in [0.2, 0.25) is 0 Å². The molecule has 18 heavy (non-hydrogen) atoms. The van der Waals surface area contributed by atoms with E-state index in [2.05, 4.69) is 0 Å². The van der Waals surface area contributed by atoms with Gasteiger partial charge in [0.15, 0.2) is 0 Å². The summed E-state index contributed by atoms with van der Waals surface area (Å²) in [5, 5.41) is 0. The third-order valence-corrected chi connectivity index (χ3v) is 2.97. The van der Waals surface area contributed by atoms with Crippen LogP contribution in [-0.2, 0) is 9.47 Å². The fourth-order valence-corrected chi connectivity index (χ4v) is 1.95. The van der Waals surface area contributed by atoms with Crippen LogP contribution >= 0.6 is 0 Å². The van der Waals surface area contributed by atoms with Gasteiger partial charge < -0.3 is 20.9 Å². The van der Waals surface area contributed by atoms with E-state index in [9.17, 15) is 4.79 Å². The van der Waals surface area contributed by atoms with Crippen LogP contribution in [-0.4, -0.2) is 25.3 Å². The topological polar surface area (TPSA) is 87.6 Å². The first-order valence-corrected chi connectivity index (χ1v) is 6.10. The number of nitrogen functional groups attached to an aromatic ring is 2. The number of carbonyl (C=O) groups is 1. The summed E-state index contributed by atoms with van der Waals surface area (Å²) in [6.45, 7) is 1.02. The molecule has 5 nitrogen and oxygen atoms in total. The lowest BCUT2D eigenvalue weighted by molar-refractivity contribution is -0.0299. The number of benzene rings is 1. The maximum atomic E-state index is 11.8. The summed E-state index contributed by atoms with van der Waals surface area (Å²) in [6.07, 6.45) is 3.14. The van der Waals surface area contributed by atoms with Crippen molar-refractivity contribution < 1.29 is 14.3 Å². The Hall–Kier alpha value is -1.75. The average Bonchev–Trinajstić information content (AvgIpc) is 2.37. The van der Waals surface area contributed by atoms with E-state index in [1.165, 1.54) is 0 Å². The molecule has 1 aliphatic heterocycles. The third kappa shape index (κ3) is 3.13. The van der Waals surface area contributed by atoms with Gasteiger partial charge in [-0.3, -0.25) is 0 Å². The minimum absolute atomic E-state index is 0.0118. The van der Waals surface area contributed by atoms with Crippen LogP contribution in [0.5, 0.6) is 0 Å². The Labute approximate surface area is 106 Å². The van der Waals surface area contributed by atoms with Gasteiger partial charge in [-0.25, -0.2) is 4.79 Å². The van der Waals surface area contributed by atoms with E-state index in [1.807, 2.05) is 0 Å². The number of carbonyl (C=O) groups excluding carboxylic acids is 1. The van der Waals surface area contributed by atoms with E-state index in [-0.39, 0.29) is 12.7 Å². The number of hydrogen-bond donors (Lipinski definition) is 2. The predicted octanol–water partition coefficient (Wildman–Crippen LogP) is 1.58. The van der Waals surface area contributed by atoms with Gasteiger partial charge in [0.25, 0.3) is 0 Å². The Morgan fingerprint density at radius 1 is 1.39 bits per heavy atom. The van der Waals surface area contributed by atoms with Gasteiger partial charge in [0.1, 0.15) is 6.61 Å². The highest BCUT2D eigenvalue weighted by Crippen LogP contribution is 2.18. The number of nitrogens with two attached hydrogens (primary N) is 2. The minimum atomic E-state index is -0.429. The Morgan fingerprint density at radius 2 is 2.22 bits per heavy atom. The molecular weight excluding hydrogens is 232 g/mol. The summed E-state index contributed by atoms with van der Waals surface area (Å²) >= 11 is 0. The molecule has 1 heterocycles. The number of anilines is 2. The quantitative estimate of drug-likeness (QED) is 0.628. The Kier molecular flexibility index (Phi) is 4.04. The van der Waals surface area contributed by atoms with Crippen LogP contribution in [0.4, 0.5) is 11.4 Å². The largest absolute Gasteiger partial charge is 0.459 e. The zero-order chi connectivity index (χ0) is 13.0. The van der Waals surface area contributed by atoms with Crippen LogP contribution in [0.25, 0.3) is 0 Å². The van der Waals surface area contributed by atoms with E-state index in [0.717, 1.165) is 25.9 Å². The van der Waals surface area contributed by atoms with Crippen molar-refractivity contribution in [3.63, 3.8) is 0 Å². The lowest BCUT2D eigenvalue weighted by Gasteiger charge is -2.22. The van der Waals surface area contributed by atoms with Crippen LogP contribution in [0.1, 0.15) is 29.6 Å². The summed E-state index contributed by atoms with van der Waals surface area (Å²) in [4.78, 5) is 11.8. The second kappa shape index (κ2) is 5.73. The summed E-state index contributed by atoms with van der Waals surface area (Å²) in [6, 6.07) is 4.76.